The number of para-hydroxylation sites is 2. The molecule has 0 N–H and O–H groups in total. The van der Waals surface area contributed by atoms with Crippen molar-refractivity contribution in [2.45, 2.75) is 11.2 Å². The van der Waals surface area contributed by atoms with E-state index in [0.717, 1.165) is 23.4 Å². The van der Waals surface area contributed by atoms with Crippen LogP contribution in [-0.4, -0.2) is 9.97 Å². The normalized spacial score (nSPS) is 13.0. The largest absolute Gasteiger partial charge is 0.441 e. The molecule has 0 bridgehead atoms. The molecule has 3 nitrogen and oxygen atoms in total. The van der Waals surface area contributed by atoms with E-state index < -0.39 is 0 Å². The number of benzene rings is 1. The van der Waals surface area contributed by atoms with Crippen molar-refractivity contribution < 1.29 is 4.42 Å². The molecule has 3 rings (SSSR count). The molecule has 5 heteroatoms. The topological polar surface area (TPSA) is 38.9 Å². The number of hydrogen-bond donors (Lipinski definition) is 0. The van der Waals surface area contributed by atoms with E-state index in [9.17, 15) is 0 Å². The molecule has 0 aliphatic carbocycles. The van der Waals surface area contributed by atoms with Gasteiger partial charge in [-0.3, -0.25) is 4.98 Å². The quantitative estimate of drug-likeness (QED) is 0.687. The van der Waals surface area contributed by atoms with E-state index in [4.69, 9.17) is 4.42 Å². The molecule has 3 aromatic rings. The number of alkyl halides is 1. The first-order valence-electron chi connectivity index (χ1n) is 5.20. The molecule has 0 radical (unpaired) electrons. The molecule has 1 atom stereocenters. The van der Waals surface area contributed by atoms with Crippen molar-refractivity contribution in [2.24, 2.45) is 0 Å². The van der Waals surface area contributed by atoms with Crippen LogP contribution in [0, 0.1) is 0 Å². The Morgan fingerprint density at radius 2 is 2.24 bits per heavy atom. The zero-order chi connectivity index (χ0) is 11.7. The zero-order valence-electron chi connectivity index (χ0n) is 8.84. The van der Waals surface area contributed by atoms with E-state index in [0.29, 0.717) is 0 Å². The third kappa shape index (κ3) is 2.25. The molecule has 1 aromatic carbocycles. The van der Waals surface area contributed by atoms with Crippen LogP contribution < -0.4 is 0 Å². The van der Waals surface area contributed by atoms with E-state index in [1.54, 1.807) is 11.3 Å². The summed E-state index contributed by atoms with van der Waals surface area (Å²) in [6.07, 6.45) is 2.60. The van der Waals surface area contributed by atoms with Crippen LogP contribution in [0.4, 0.5) is 0 Å². The van der Waals surface area contributed by atoms with Gasteiger partial charge in [0.25, 0.3) is 0 Å². The molecule has 17 heavy (non-hydrogen) atoms. The Morgan fingerprint density at radius 3 is 3.00 bits per heavy atom. The number of oxazole rings is 1. The van der Waals surface area contributed by atoms with Gasteiger partial charge >= 0.3 is 0 Å². The highest BCUT2D eigenvalue weighted by molar-refractivity contribution is 9.09. The Labute approximate surface area is 111 Å². The van der Waals surface area contributed by atoms with Crippen LogP contribution in [0.1, 0.15) is 15.6 Å². The van der Waals surface area contributed by atoms with Gasteiger partial charge in [-0.15, -0.1) is 11.3 Å². The summed E-state index contributed by atoms with van der Waals surface area (Å²) in [5.41, 5.74) is 3.58. The Hall–Kier alpha value is -1.20. The van der Waals surface area contributed by atoms with Gasteiger partial charge in [-0.1, -0.05) is 28.1 Å². The lowest BCUT2D eigenvalue weighted by Crippen LogP contribution is -1.92. The number of thiazole rings is 1. The van der Waals surface area contributed by atoms with E-state index in [1.807, 2.05) is 36.0 Å². The molecule has 86 valence electrons. The first-order chi connectivity index (χ1) is 8.33. The minimum atomic E-state index is 0.211. The summed E-state index contributed by atoms with van der Waals surface area (Å²) in [4.78, 5) is 9.91. The predicted octanol–water partition coefficient (Wildman–Crippen LogP) is 3.96. The highest BCUT2D eigenvalue weighted by Gasteiger charge is 2.14. The van der Waals surface area contributed by atoms with Crippen LogP contribution in [0.15, 0.2) is 40.4 Å². The molecule has 0 spiro atoms. The molecular formula is C12H9BrN2OS. The minimum absolute atomic E-state index is 0.211. The number of fused-ring (bicyclic) bond motifs is 1. The second-order valence-corrected chi connectivity index (χ2v) is 5.67. The summed E-state index contributed by atoms with van der Waals surface area (Å²) in [5, 5.41) is 0. The lowest BCUT2D eigenvalue weighted by atomic mass is 10.3. The summed E-state index contributed by atoms with van der Waals surface area (Å²) in [7, 11) is 0. The highest BCUT2D eigenvalue weighted by Crippen LogP contribution is 2.30. The molecule has 0 saturated carbocycles. The van der Waals surface area contributed by atoms with Crippen LogP contribution >= 0.6 is 27.3 Å². The first-order valence-corrected chi connectivity index (χ1v) is 6.99. The van der Waals surface area contributed by atoms with Gasteiger partial charge in [-0.25, -0.2) is 4.98 Å². The number of hydrogen-bond acceptors (Lipinski definition) is 4. The van der Waals surface area contributed by atoms with Crippen molar-refractivity contribution in [1.29, 1.82) is 0 Å². The van der Waals surface area contributed by atoms with Gasteiger partial charge in [0.2, 0.25) is 0 Å². The monoisotopic (exact) mass is 308 g/mol. The van der Waals surface area contributed by atoms with Gasteiger partial charge in [0.1, 0.15) is 5.52 Å². The molecule has 0 aliphatic rings. The first kappa shape index (κ1) is 10.9. The highest BCUT2D eigenvalue weighted by atomic mass is 79.9. The third-order valence-corrected chi connectivity index (χ3v) is 4.46. The smallest absolute Gasteiger partial charge is 0.196 e. The Kier molecular flexibility index (Phi) is 2.94. The van der Waals surface area contributed by atoms with Gasteiger partial charge in [0, 0.05) is 17.5 Å². The average molecular weight is 309 g/mol. The summed E-state index contributed by atoms with van der Waals surface area (Å²) >= 11 is 5.26. The Morgan fingerprint density at radius 1 is 1.35 bits per heavy atom. The number of aromatic nitrogens is 2. The molecule has 0 amide bonds. The fraction of sp³-hybridized carbons (Fsp3) is 0.167. The van der Waals surface area contributed by atoms with Crippen molar-refractivity contribution >= 4 is 38.4 Å². The lowest BCUT2D eigenvalue weighted by Gasteiger charge is -2.02. The van der Waals surface area contributed by atoms with Crippen molar-refractivity contribution in [3.8, 4) is 0 Å². The minimum Gasteiger partial charge on any atom is -0.441 e. The molecule has 0 saturated heterocycles. The molecule has 0 aliphatic heterocycles. The molecule has 0 fully saturated rings. The fourth-order valence-corrected chi connectivity index (χ4v) is 2.96. The Bertz CT molecular complexity index is 587. The maximum Gasteiger partial charge on any atom is 0.196 e. The summed E-state index contributed by atoms with van der Waals surface area (Å²) < 4.78 is 5.68. The maximum atomic E-state index is 5.68. The summed E-state index contributed by atoms with van der Waals surface area (Å²) in [5.74, 6) is 0.751. The SMILES string of the molecule is BrC(Cc1nc2ccccc2o1)c1cncs1. The second-order valence-electron chi connectivity index (χ2n) is 3.65. The van der Waals surface area contributed by atoms with E-state index in [2.05, 4.69) is 25.9 Å². The van der Waals surface area contributed by atoms with Crippen LogP contribution in [-0.2, 0) is 6.42 Å². The Balaban J connectivity index is 1.85. The molecule has 2 aromatic heterocycles. The predicted molar refractivity (Wildman–Crippen MR) is 71.5 cm³/mol. The fourth-order valence-electron chi connectivity index (χ4n) is 1.64. The van der Waals surface area contributed by atoms with Crippen LogP contribution in [0.5, 0.6) is 0 Å². The number of rotatable bonds is 3. The van der Waals surface area contributed by atoms with Gasteiger partial charge in [0.05, 0.1) is 10.3 Å². The maximum absolute atomic E-state index is 5.68. The van der Waals surface area contributed by atoms with E-state index in [1.165, 1.54) is 4.88 Å². The van der Waals surface area contributed by atoms with Gasteiger partial charge in [0.15, 0.2) is 11.5 Å². The lowest BCUT2D eigenvalue weighted by molar-refractivity contribution is 0.528. The standard InChI is InChI=1S/C12H9BrN2OS/c13-8(11-6-14-7-17-11)5-12-15-9-3-1-2-4-10(9)16-12/h1-4,6-8H,5H2. The van der Waals surface area contributed by atoms with Crippen LogP contribution in [0.2, 0.25) is 0 Å². The van der Waals surface area contributed by atoms with E-state index >= 15 is 0 Å². The average Bonchev–Trinajstić information content (AvgIpc) is 2.97. The van der Waals surface area contributed by atoms with Gasteiger partial charge in [-0.05, 0) is 12.1 Å². The van der Waals surface area contributed by atoms with Crippen LogP contribution in [0.25, 0.3) is 11.1 Å². The number of halogens is 1. The van der Waals surface area contributed by atoms with Crippen molar-refractivity contribution in [1.82, 2.24) is 9.97 Å². The van der Waals surface area contributed by atoms with Crippen LogP contribution in [0.3, 0.4) is 0 Å². The molecular weight excluding hydrogens is 300 g/mol. The molecule has 2 heterocycles. The molecule has 1 unspecified atom stereocenters. The van der Waals surface area contributed by atoms with E-state index in [-0.39, 0.29) is 4.83 Å². The third-order valence-electron chi connectivity index (χ3n) is 2.45. The second kappa shape index (κ2) is 4.58. The van der Waals surface area contributed by atoms with Crippen molar-refractivity contribution in [3.63, 3.8) is 0 Å². The summed E-state index contributed by atoms with van der Waals surface area (Å²) in [6, 6.07) is 7.80. The van der Waals surface area contributed by atoms with Gasteiger partial charge < -0.3 is 4.42 Å². The summed E-state index contributed by atoms with van der Waals surface area (Å²) in [6.45, 7) is 0. The number of nitrogens with zero attached hydrogens (tertiary/aromatic N) is 2. The van der Waals surface area contributed by atoms with Crippen molar-refractivity contribution in [2.75, 3.05) is 0 Å². The van der Waals surface area contributed by atoms with Crippen molar-refractivity contribution in [3.05, 3.63) is 46.7 Å². The zero-order valence-corrected chi connectivity index (χ0v) is 11.2. The van der Waals surface area contributed by atoms with Gasteiger partial charge in [-0.2, -0.15) is 0 Å².